The van der Waals surface area contributed by atoms with Crippen LogP contribution in [0.5, 0.6) is 0 Å². The summed E-state index contributed by atoms with van der Waals surface area (Å²) in [5.74, 6) is -1.57. The molecule has 26 heavy (non-hydrogen) atoms. The molecule has 1 atom stereocenters. The monoisotopic (exact) mass is 390 g/mol. The van der Waals surface area contributed by atoms with Crippen LogP contribution < -0.4 is 5.32 Å². The van der Waals surface area contributed by atoms with Gasteiger partial charge in [0.1, 0.15) is 0 Å². The highest BCUT2D eigenvalue weighted by Gasteiger charge is 2.38. The third kappa shape index (κ3) is 7.66. The van der Waals surface area contributed by atoms with Gasteiger partial charge in [-0.1, -0.05) is 0 Å². The third-order valence-corrected chi connectivity index (χ3v) is 4.35. The van der Waals surface area contributed by atoms with E-state index in [-0.39, 0.29) is 18.4 Å². The number of amides is 2. The molecule has 9 heteroatoms. The zero-order chi connectivity index (χ0) is 19.8. The smallest absolute Gasteiger partial charge is 0.338 e. The number of ether oxygens (including phenoxy) is 1. The summed E-state index contributed by atoms with van der Waals surface area (Å²) in [6.07, 6.45) is 1.49. The summed E-state index contributed by atoms with van der Waals surface area (Å²) in [7, 11) is 2.22. The van der Waals surface area contributed by atoms with Crippen molar-refractivity contribution in [1.82, 2.24) is 10.4 Å². The fourth-order valence-electron chi connectivity index (χ4n) is 2.27. The normalized spacial score (nSPS) is 15.7. The van der Waals surface area contributed by atoms with Gasteiger partial charge >= 0.3 is 5.97 Å². The van der Waals surface area contributed by atoms with Crippen molar-refractivity contribution in [2.24, 2.45) is 5.41 Å². The Morgan fingerprint density at radius 1 is 1.15 bits per heavy atom. The topological polar surface area (TPSA) is 94.2 Å². The molecule has 1 fully saturated rings. The molecule has 150 valence electrons. The molecular weight excluding hydrogens is 359 g/mol. The van der Waals surface area contributed by atoms with Gasteiger partial charge in [-0.15, -0.1) is 5.06 Å². The molecule has 1 rings (SSSR count). The lowest BCUT2D eigenvalue weighted by molar-refractivity contribution is -0.205. The van der Waals surface area contributed by atoms with E-state index in [2.05, 4.69) is 14.8 Å². The highest BCUT2D eigenvalue weighted by molar-refractivity contribution is 7.09. The van der Waals surface area contributed by atoms with E-state index in [0.29, 0.717) is 31.2 Å². The fraction of sp³-hybridized carbons (Fsp3) is 0.824. The van der Waals surface area contributed by atoms with Gasteiger partial charge in [-0.05, 0) is 47.1 Å². The maximum Gasteiger partial charge on any atom is 0.338 e. The van der Waals surface area contributed by atoms with E-state index in [4.69, 9.17) is 14.1 Å². The Balaban J connectivity index is 2.35. The average molecular weight is 390 g/mol. The first kappa shape index (κ1) is 23.0. The van der Waals surface area contributed by atoms with Crippen LogP contribution in [0.4, 0.5) is 0 Å². The van der Waals surface area contributed by atoms with E-state index in [1.807, 2.05) is 13.8 Å². The minimum Gasteiger partial charge on any atom is -0.374 e. The lowest BCUT2D eigenvalue weighted by atomic mass is 9.90. The molecule has 8 nitrogen and oxygen atoms in total. The molecule has 0 radical (unpaired) electrons. The second kappa shape index (κ2) is 10.3. The van der Waals surface area contributed by atoms with Gasteiger partial charge in [-0.25, -0.2) is 4.79 Å². The fourth-order valence-corrected chi connectivity index (χ4v) is 2.44. The van der Waals surface area contributed by atoms with Crippen molar-refractivity contribution in [2.45, 2.75) is 59.0 Å². The average Bonchev–Trinajstić information content (AvgIpc) is 2.86. The number of hydrogen-bond acceptors (Lipinski definition) is 7. The minimum absolute atomic E-state index is 0.0834. The Bertz CT molecular complexity index is 493. The van der Waals surface area contributed by atoms with E-state index in [0.717, 1.165) is 13.0 Å². The summed E-state index contributed by atoms with van der Waals surface area (Å²) in [6, 6.07) is 0. The first-order chi connectivity index (χ1) is 12.1. The SMILES string of the molecule is CC(C)(CNCCCOP)OCCC(C)(C)C(=O)ON1C(=O)CCC1=O. The highest BCUT2D eigenvalue weighted by Crippen LogP contribution is 2.25. The second-order valence-corrected chi connectivity index (χ2v) is 7.94. The summed E-state index contributed by atoms with van der Waals surface area (Å²) in [4.78, 5) is 40.4. The molecule has 0 aromatic rings. The summed E-state index contributed by atoms with van der Waals surface area (Å²) in [6.45, 7) is 9.89. The van der Waals surface area contributed by atoms with Crippen LogP contribution in [0.1, 0.15) is 53.4 Å². The van der Waals surface area contributed by atoms with Gasteiger partial charge in [0.05, 0.1) is 17.6 Å². The molecule has 0 saturated carbocycles. The molecule has 0 spiro atoms. The Morgan fingerprint density at radius 2 is 1.77 bits per heavy atom. The molecule has 0 aliphatic carbocycles. The maximum absolute atomic E-state index is 12.3. The van der Waals surface area contributed by atoms with Crippen molar-refractivity contribution < 1.29 is 28.5 Å². The predicted octanol–water partition coefficient (Wildman–Crippen LogP) is 1.59. The minimum atomic E-state index is -0.872. The largest absolute Gasteiger partial charge is 0.374 e. The number of nitrogens with one attached hydrogen (secondary N) is 1. The predicted molar refractivity (Wildman–Crippen MR) is 98.8 cm³/mol. The number of hydroxylamine groups is 2. The summed E-state index contributed by atoms with van der Waals surface area (Å²) in [5.41, 5.74) is -1.26. The van der Waals surface area contributed by atoms with E-state index < -0.39 is 23.2 Å². The van der Waals surface area contributed by atoms with Crippen LogP contribution in [0.15, 0.2) is 0 Å². The number of nitrogens with zero attached hydrogens (tertiary/aromatic N) is 1. The van der Waals surface area contributed by atoms with Crippen molar-refractivity contribution in [2.75, 3.05) is 26.3 Å². The highest BCUT2D eigenvalue weighted by atomic mass is 31.0. The standard InChI is InChI=1S/C17H31N2O6P/c1-16(2,15(22)25-19-13(20)6-7-14(19)21)8-11-23-17(3,4)12-18-9-5-10-24-26/h18H,5-12,26H2,1-4H3. The lowest BCUT2D eigenvalue weighted by Gasteiger charge is -2.29. The molecule has 2 amide bonds. The van der Waals surface area contributed by atoms with Crippen molar-refractivity contribution in [1.29, 1.82) is 0 Å². The summed E-state index contributed by atoms with van der Waals surface area (Å²) < 4.78 is 10.8. The molecule has 1 unspecified atom stereocenters. The van der Waals surface area contributed by atoms with Crippen LogP contribution in [0, 0.1) is 5.41 Å². The van der Waals surface area contributed by atoms with Gasteiger partial charge in [-0.2, -0.15) is 0 Å². The van der Waals surface area contributed by atoms with Gasteiger partial charge in [0.2, 0.25) is 0 Å². The quantitative estimate of drug-likeness (QED) is 0.307. The Hall–Kier alpha value is -1.08. The number of carbonyl (C=O) groups is 3. The molecule has 1 saturated heterocycles. The Labute approximate surface area is 157 Å². The summed E-state index contributed by atoms with van der Waals surface area (Å²) in [5, 5.41) is 3.88. The molecule has 0 aromatic heterocycles. The molecular formula is C17H31N2O6P. The van der Waals surface area contributed by atoms with Crippen LogP contribution in [0.2, 0.25) is 0 Å². The molecule has 1 N–H and O–H groups in total. The van der Waals surface area contributed by atoms with Gasteiger partial charge in [0.25, 0.3) is 11.8 Å². The van der Waals surface area contributed by atoms with E-state index in [1.54, 1.807) is 13.8 Å². The third-order valence-electron chi connectivity index (χ3n) is 4.12. The summed E-state index contributed by atoms with van der Waals surface area (Å²) >= 11 is 0. The first-order valence-electron chi connectivity index (χ1n) is 8.83. The van der Waals surface area contributed by atoms with Gasteiger partial charge in [0, 0.05) is 35.5 Å². The van der Waals surface area contributed by atoms with E-state index >= 15 is 0 Å². The van der Waals surface area contributed by atoms with Gasteiger partial charge in [-0.3, -0.25) is 9.59 Å². The van der Waals surface area contributed by atoms with Crippen LogP contribution in [0.3, 0.4) is 0 Å². The van der Waals surface area contributed by atoms with Crippen molar-refractivity contribution in [3.05, 3.63) is 0 Å². The second-order valence-electron chi connectivity index (χ2n) is 7.60. The van der Waals surface area contributed by atoms with E-state index in [9.17, 15) is 14.4 Å². The van der Waals surface area contributed by atoms with Gasteiger partial charge < -0.3 is 19.4 Å². The van der Waals surface area contributed by atoms with Crippen LogP contribution >= 0.6 is 9.47 Å². The Kier molecular flexibility index (Phi) is 9.10. The van der Waals surface area contributed by atoms with Crippen molar-refractivity contribution >= 4 is 27.3 Å². The molecule has 1 aliphatic heterocycles. The number of imide groups is 1. The maximum atomic E-state index is 12.3. The van der Waals surface area contributed by atoms with Crippen LogP contribution in [-0.4, -0.2) is 54.8 Å². The number of hydrogen-bond donors (Lipinski definition) is 1. The first-order valence-corrected chi connectivity index (χ1v) is 9.31. The number of carbonyl (C=O) groups excluding carboxylic acids is 3. The Morgan fingerprint density at radius 3 is 2.35 bits per heavy atom. The lowest BCUT2D eigenvalue weighted by Crippen LogP contribution is -2.41. The van der Waals surface area contributed by atoms with Crippen molar-refractivity contribution in [3.8, 4) is 0 Å². The molecule has 1 aliphatic rings. The van der Waals surface area contributed by atoms with Gasteiger partial charge in [0.15, 0.2) is 0 Å². The molecule has 1 heterocycles. The number of rotatable bonds is 12. The zero-order valence-electron chi connectivity index (χ0n) is 16.1. The van der Waals surface area contributed by atoms with Crippen LogP contribution in [0.25, 0.3) is 0 Å². The molecule has 0 bridgehead atoms. The zero-order valence-corrected chi connectivity index (χ0v) is 17.3. The molecule has 0 aromatic carbocycles. The van der Waals surface area contributed by atoms with Crippen molar-refractivity contribution in [3.63, 3.8) is 0 Å². The van der Waals surface area contributed by atoms with E-state index in [1.165, 1.54) is 0 Å². The van der Waals surface area contributed by atoms with Crippen LogP contribution in [-0.2, 0) is 28.5 Å².